The smallest absolute Gasteiger partial charge is 0.257 e. The molecule has 25 heavy (non-hydrogen) atoms. The monoisotopic (exact) mass is 368 g/mol. The van der Waals surface area contributed by atoms with E-state index in [1.165, 1.54) is 4.90 Å². The normalized spacial score (nSPS) is 14.8. The Balaban J connectivity index is 1.72. The number of anilines is 1. The van der Waals surface area contributed by atoms with Crippen molar-refractivity contribution in [3.05, 3.63) is 63.9 Å². The van der Waals surface area contributed by atoms with Gasteiger partial charge in [-0.05, 0) is 42.8 Å². The first-order valence-electron chi connectivity index (χ1n) is 7.82. The van der Waals surface area contributed by atoms with Crippen LogP contribution in [0.5, 0.6) is 0 Å². The zero-order valence-corrected chi connectivity index (χ0v) is 14.3. The second kappa shape index (κ2) is 6.96. The van der Waals surface area contributed by atoms with Gasteiger partial charge in [-0.1, -0.05) is 11.6 Å². The van der Waals surface area contributed by atoms with Crippen LogP contribution in [0.2, 0.25) is 5.02 Å². The average molecular weight is 369 g/mol. The van der Waals surface area contributed by atoms with Gasteiger partial charge in [-0.2, -0.15) is 0 Å². The molecule has 0 atom stereocenters. The summed E-state index contributed by atoms with van der Waals surface area (Å²) in [7, 11) is 0. The maximum Gasteiger partial charge on any atom is 0.257 e. The van der Waals surface area contributed by atoms with Crippen molar-refractivity contribution in [1.29, 1.82) is 0 Å². The van der Waals surface area contributed by atoms with Crippen LogP contribution in [0.15, 0.2) is 30.3 Å². The van der Waals surface area contributed by atoms with E-state index in [0.717, 1.165) is 23.4 Å². The van der Waals surface area contributed by atoms with Gasteiger partial charge < -0.3 is 9.80 Å². The highest BCUT2D eigenvalue weighted by molar-refractivity contribution is 6.30. The summed E-state index contributed by atoms with van der Waals surface area (Å²) >= 11 is 5.96. The first-order valence-corrected chi connectivity index (χ1v) is 8.20. The number of hydrogen-bond acceptors (Lipinski definition) is 2. The van der Waals surface area contributed by atoms with Crippen molar-refractivity contribution in [1.82, 2.24) is 4.90 Å². The van der Waals surface area contributed by atoms with Crippen LogP contribution >= 0.6 is 11.6 Å². The predicted molar refractivity (Wildman–Crippen MR) is 90.6 cm³/mol. The molecule has 3 nitrogen and oxygen atoms in total. The Labute approximate surface area is 148 Å². The van der Waals surface area contributed by atoms with Gasteiger partial charge in [0.15, 0.2) is 17.5 Å². The van der Waals surface area contributed by atoms with Gasteiger partial charge >= 0.3 is 0 Å². The topological polar surface area (TPSA) is 23.6 Å². The molecule has 0 bridgehead atoms. The van der Waals surface area contributed by atoms with E-state index in [2.05, 4.69) is 4.90 Å². The molecule has 0 spiro atoms. The second-order valence-electron chi connectivity index (χ2n) is 5.93. The number of carbonyl (C=O) groups is 1. The highest BCUT2D eigenvalue weighted by atomic mass is 35.5. The van der Waals surface area contributed by atoms with Gasteiger partial charge in [-0.15, -0.1) is 0 Å². The quantitative estimate of drug-likeness (QED) is 0.747. The molecular formula is C18H16ClF3N2O. The van der Waals surface area contributed by atoms with Crippen molar-refractivity contribution >= 4 is 23.2 Å². The van der Waals surface area contributed by atoms with Gasteiger partial charge in [0.2, 0.25) is 0 Å². The fraction of sp³-hybridized carbons (Fsp3) is 0.278. The van der Waals surface area contributed by atoms with Crippen LogP contribution in [0.4, 0.5) is 18.9 Å². The van der Waals surface area contributed by atoms with Crippen LogP contribution < -0.4 is 4.90 Å². The largest absolute Gasteiger partial charge is 0.368 e. The molecule has 1 amide bonds. The van der Waals surface area contributed by atoms with Gasteiger partial charge in [-0.3, -0.25) is 4.79 Å². The van der Waals surface area contributed by atoms with Gasteiger partial charge in [0.25, 0.3) is 5.91 Å². The Morgan fingerprint density at radius 3 is 2.32 bits per heavy atom. The van der Waals surface area contributed by atoms with E-state index in [-0.39, 0.29) is 0 Å². The average Bonchev–Trinajstić information content (AvgIpc) is 2.60. The predicted octanol–water partition coefficient (Wildman–Crippen LogP) is 4.03. The molecule has 1 fully saturated rings. The minimum Gasteiger partial charge on any atom is -0.368 e. The molecule has 132 valence electrons. The summed E-state index contributed by atoms with van der Waals surface area (Å²) in [5.74, 6) is -5.01. The summed E-state index contributed by atoms with van der Waals surface area (Å²) < 4.78 is 40.2. The van der Waals surface area contributed by atoms with E-state index in [0.29, 0.717) is 31.2 Å². The van der Waals surface area contributed by atoms with Crippen LogP contribution in [0.25, 0.3) is 0 Å². The van der Waals surface area contributed by atoms with Crippen LogP contribution in [0.1, 0.15) is 15.9 Å². The van der Waals surface area contributed by atoms with Gasteiger partial charge in [0.05, 0.1) is 5.56 Å². The number of halogens is 4. The van der Waals surface area contributed by atoms with Crippen LogP contribution in [0.3, 0.4) is 0 Å². The summed E-state index contributed by atoms with van der Waals surface area (Å²) in [6.45, 7) is 3.78. The maximum atomic E-state index is 13.8. The van der Waals surface area contributed by atoms with Crippen LogP contribution in [-0.2, 0) is 0 Å². The lowest BCUT2D eigenvalue weighted by Crippen LogP contribution is -2.49. The molecule has 0 unspecified atom stereocenters. The van der Waals surface area contributed by atoms with Crippen LogP contribution in [0, 0.1) is 24.4 Å². The Bertz CT molecular complexity index is 820. The maximum absolute atomic E-state index is 13.8. The molecule has 1 aliphatic rings. The lowest BCUT2D eigenvalue weighted by Gasteiger charge is -2.37. The summed E-state index contributed by atoms with van der Waals surface area (Å²) in [6.07, 6.45) is 0. The number of rotatable bonds is 2. The van der Waals surface area contributed by atoms with Crippen LogP contribution in [-0.4, -0.2) is 37.0 Å². The number of aryl methyl sites for hydroxylation is 1. The molecule has 0 aliphatic carbocycles. The Kier molecular flexibility index (Phi) is 4.90. The first-order chi connectivity index (χ1) is 11.9. The number of carbonyl (C=O) groups excluding carboxylic acids is 1. The third kappa shape index (κ3) is 3.44. The molecule has 7 heteroatoms. The second-order valence-corrected chi connectivity index (χ2v) is 6.37. The molecule has 3 rings (SSSR count). The number of amides is 1. The summed E-state index contributed by atoms with van der Waals surface area (Å²) in [5.41, 5.74) is 1.60. The number of hydrogen-bond donors (Lipinski definition) is 0. The fourth-order valence-corrected chi connectivity index (χ4v) is 3.21. The van der Waals surface area contributed by atoms with Gasteiger partial charge in [-0.25, -0.2) is 13.2 Å². The molecule has 0 saturated carbocycles. The lowest BCUT2D eigenvalue weighted by atomic mass is 10.1. The zero-order valence-electron chi connectivity index (χ0n) is 13.5. The van der Waals surface area contributed by atoms with Crippen molar-refractivity contribution in [2.75, 3.05) is 31.1 Å². The Morgan fingerprint density at radius 2 is 1.68 bits per heavy atom. The highest BCUT2D eigenvalue weighted by Crippen LogP contribution is 2.25. The standard InChI is InChI=1S/C18H16ClF3N2O/c1-11-10-12(19)2-5-15(11)23-6-8-24(9-7-23)18(25)13-3-4-14(20)17(22)16(13)21/h2-5,10H,6-9H2,1H3. The molecule has 1 aliphatic heterocycles. The molecule has 0 radical (unpaired) electrons. The summed E-state index contributed by atoms with van der Waals surface area (Å²) in [6, 6.07) is 7.33. The van der Waals surface area contributed by atoms with E-state index < -0.39 is 28.9 Å². The first kappa shape index (κ1) is 17.6. The van der Waals surface area contributed by atoms with E-state index in [4.69, 9.17) is 11.6 Å². The zero-order chi connectivity index (χ0) is 18.1. The van der Waals surface area contributed by atoms with Crippen molar-refractivity contribution in [3.8, 4) is 0 Å². The Morgan fingerprint density at radius 1 is 1.00 bits per heavy atom. The third-order valence-electron chi connectivity index (χ3n) is 4.33. The molecular weight excluding hydrogens is 353 g/mol. The molecule has 2 aromatic carbocycles. The number of nitrogens with zero attached hydrogens (tertiary/aromatic N) is 2. The van der Waals surface area contributed by atoms with Gasteiger partial charge in [0.1, 0.15) is 0 Å². The minimum absolute atomic E-state index is 0.360. The molecule has 2 aromatic rings. The minimum atomic E-state index is -1.62. The van der Waals surface area contributed by atoms with E-state index >= 15 is 0 Å². The van der Waals surface area contributed by atoms with Crippen molar-refractivity contribution in [2.24, 2.45) is 0 Å². The number of piperazine rings is 1. The molecule has 1 heterocycles. The number of benzene rings is 2. The molecule has 0 aromatic heterocycles. The third-order valence-corrected chi connectivity index (χ3v) is 4.57. The fourth-order valence-electron chi connectivity index (χ4n) is 2.99. The highest BCUT2D eigenvalue weighted by Gasteiger charge is 2.26. The van der Waals surface area contributed by atoms with Crippen molar-refractivity contribution < 1.29 is 18.0 Å². The van der Waals surface area contributed by atoms with E-state index in [1.807, 2.05) is 19.1 Å². The lowest BCUT2D eigenvalue weighted by molar-refractivity contribution is 0.0740. The van der Waals surface area contributed by atoms with E-state index in [1.54, 1.807) is 6.07 Å². The molecule has 0 N–H and O–H groups in total. The summed E-state index contributed by atoms with van der Waals surface area (Å²) in [4.78, 5) is 15.9. The SMILES string of the molecule is Cc1cc(Cl)ccc1N1CCN(C(=O)c2ccc(F)c(F)c2F)CC1. The van der Waals surface area contributed by atoms with Gasteiger partial charge in [0, 0.05) is 36.9 Å². The van der Waals surface area contributed by atoms with E-state index in [9.17, 15) is 18.0 Å². The molecule has 1 saturated heterocycles. The Hall–Kier alpha value is -2.21. The van der Waals surface area contributed by atoms with Crippen molar-refractivity contribution in [3.63, 3.8) is 0 Å². The van der Waals surface area contributed by atoms with Crippen molar-refractivity contribution in [2.45, 2.75) is 6.92 Å². The summed E-state index contributed by atoms with van der Waals surface area (Å²) in [5, 5.41) is 0.656.